The van der Waals surface area contributed by atoms with Gasteiger partial charge >= 0.3 is 0 Å². The number of aromatic nitrogens is 2. The minimum absolute atomic E-state index is 0.577. The Balaban J connectivity index is 1.58. The van der Waals surface area contributed by atoms with E-state index in [1.165, 1.54) is 42.2 Å². The van der Waals surface area contributed by atoms with Gasteiger partial charge in [-0.15, -0.1) is 11.3 Å². The summed E-state index contributed by atoms with van der Waals surface area (Å²) >= 11 is 1.74. The first kappa shape index (κ1) is 19.0. The number of hydrogen-bond acceptors (Lipinski definition) is 6. The van der Waals surface area contributed by atoms with Crippen molar-refractivity contribution in [2.24, 2.45) is 0 Å². The van der Waals surface area contributed by atoms with Crippen LogP contribution in [0.4, 0.5) is 5.82 Å². The summed E-state index contributed by atoms with van der Waals surface area (Å²) < 4.78 is 5.50. The first-order chi connectivity index (χ1) is 14.3. The molecule has 1 saturated carbocycles. The largest absolute Gasteiger partial charge is 0.379 e. The topological polar surface area (TPSA) is 41.5 Å². The Hall–Kier alpha value is -2.02. The van der Waals surface area contributed by atoms with Crippen molar-refractivity contribution in [2.75, 3.05) is 38.3 Å². The second kappa shape index (κ2) is 8.38. The van der Waals surface area contributed by atoms with E-state index in [9.17, 15) is 0 Å². The number of fused-ring (bicyclic) bond motifs is 1. The second-order valence-corrected chi connectivity index (χ2v) is 8.95. The zero-order chi connectivity index (χ0) is 19.6. The molecule has 1 aliphatic heterocycles. The van der Waals surface area contributed by atoms with Gasteiger partial charge in [0.25, 0.3) is 0 Å². The van der Waals surface area contributed by atoms with Crippen molar-refractivity contribution in [3.05, 3.63) is 41.5 Å². The van der Waals surface area contributed by atoms with Crippen molar-refractivity contribution < 1.29 is 4.74 Å². The van der Waals surface area contributed by atoms with E-state index in [2.05, 4.69) is 52.6 Å². The van der Waals surface area contributed by atoms with Gasteiger partial charge in [0.1, 0.15) is 16.5 Å². The summed E-state index contributed by atoms with van der Waals surface area (Å²) in [5.41, 5.74) is 2.49. The van der Waals surface area contributed by atoms with E-state index in [0.717, 1.165) is 49.3 Å². The van der Waals surface area contributed by atoms with Gasteiger partial charge in [-0.05, 0) is 18.4 Å². The van der Waals surface area contributed by atoms with E-state index in [1.54, 1.807) is 11.3 Å². The Labute approximate surface area is 176 Å². The number of thiophene rings is 1. The predicted octanol–water partition coefficient (Wildman–Crippen LogP) is 4.57. The first-order valence-corrected chi connectivity index (χ1v) is 11.5. The smallest absolute Gasteiger partial charge is 0.146 e. The van der Waals surface area contributed by atoms with Crippen molar-refractivity contribution in [3.8, 4) is 11.1 Å². The summed E-state index contributed by atoms with van der Waals surface area (Å²) in [6, 6.07) is 11.2. The zero-order valence-corrected chi connectivity index (χ0v) is 17.8. The van der Waals surface area contributed by atoms with Gasteiger partial charge in [-0.25, -0.2) is 9.97 Å². The Kier molecular flexibility index (Phi) is 5.48. The maximum absolute atomic E-state index is 5.50. The van der Waals surface area contributed by atoms with Crippen LogP contribution in [-0.2, 0) is 11.3 Å². The van der Waals surface area contributed by atoms with Crippen LogP contribution >= 0.6 is 11.3 Å². The molecule has 0 spiro atoms. The maximum atomic E-state index is 5.50. The number of ether oxygens (including phenoxy) is 1. The molecule has 5 nitrogen and oxygen atoms in total. The molecule has 2 aromatic heterocycles. The SMILES string of the molecule is CN(c1nc(CN2CCOCC2)nc2scc(-c3ccccc3)c12)C1CCCC1. The van der Waals surface area contributed by atoms with Gasteiger partial charge in [0.15, 0.2) is 0 Å². The Morgan fingerprint density at radius 2 is 1.86 bits per heavy atom. The van der Waals surface area contributed by atoms with Crippen molar-refractivity contribution in [2.45, 2.75) is 38.3 Å². The normalized spacial score (nSPS) is 18.5. The standard InChI is InChI=1S/C23H28N4OS/c1-26(18-9-5-6-10-18)22-21-19(17-7-3-2-4-8-17)16-29-23(21)25-20(24-22)15-27-11-13-28-14-12-27/h2-4,7-8,16,18H,5-6,9-15H2,1H3. The molecular weight excluding hydrogens is 380 g/mol. The zero-order valence-electron chi connectivity index (χ0n) is 17.0. The minimum atomic E-state index is 0.577. The van der Waals surface area contributed by atoms with Gasteiger partial charge < -0.3 is 9.64 Å². The number of anilines is 1. The fourth-order valence-corrected chi connectivity index (χ4v) is 5.51. The van der Waals surface area contributed by atoms with Crippen LogP contribution in [0.2, 0.25) is 0 Å². The molecule has 3 aromatic rings. The summed E-state index contributed by atoms with van der Waals surface area (Å²) in [7, 11) is 2.22. The number of rotatable bonds is 5. The number of benzene rings is 1. The average molecular weight is 409 g/mol. The lowest BCUT2D eigenvalue weighted by atomic mass is 10.1. The molecule has 3 heterocycles. The van der Waals surface area contributed by atoms with Gasteiger partial charge in [0.05, 0.1) is 25.1 Å². The van der Waals surface area contributed by atoms with Crippen LogP contribution in [0.15, 0.2) is 35.7 Å². The monoisotopic (exact) mass is 408 g/mol. The molecule has 0 atom stereocenters. The number of hydrogen-bond donors (Lipinski definition) is 0. The summed E-state index contributed by atoms with van der Waals surface area (Å²) in [6.45, 7) is 4.30. The van der Waals surface area contributed by atoms with Crippen molar-refractivity contribution in [1.29, 1.82) is 0 Å². The number of morpholine rings is 1. The highest BCUT2D eigenvalue weighted by Crippen LogP contribution is 2.39. The molecule has 0 unspecified atom stereocenters. The van der Waals surface area contributed by atoms with Crippen LogP contribution in [0, 0.1) is 0 Å². The highest BCUT2D eigenvalue weighted by molar-refractivity contribution is 7.17. The van der Waals surface area contributed by atoms with Crippen molar-refractivity contribution >= 4 is 27.4 Å². The summed E-state index contributed by atoms with van der Waals surface area (Å²) in [6.07, 6.45) is 5.15. The minimum Gasteiger partial charge on any atom is -0.379 e. The molecule has 1 aromatic carbocycles. The summed E-state index contributed by atoms with van der Waals surface area (Å²) in [4.78, 5) is 16.0. The average Bonchev–Trinajstić information content (AvgIpc) is 3.44. The van der Waals surface area contributed by atoms with E-state index in [-0.39, 0.29) is 0 Å². The van der Waals surface area contributed by atoms with E-state index in [1.807, 2.05) is 0 Å². The molecule has 2 fully saturated rings. The molecule has 0 N–H and O–H groups in total. The van der Waals surface area contributed by atoms with Crippen LogP contribution in [0.25, 0.3) is 21.3 Å². The van der Waals surface area contributed by atoms with Crippen LogP contribution in [0.3, 0.4) is 0 Å². The van der Waals surface area contributed by atoms with Gasteiger partial charge in [0.2, 0.25) is 0 Å². The molecule has 2 aliphatic rings. The third-order valence-electron chi connectivity index (χ3n) is 6.22. The fraction of sp³-hybridized carbons (Fsp3) is 0.478. The molecule has 0 amide bonds. The van der Waals surface area contributed by atoms with E-state index in [4.69, 9.17) is 14.7 Å². The van der Waals surface area contributed by atoms with Crippen molar-refractivity contribution in [1.82, 2.24) is 14.9 Å². The molecule has 6 heteroatoms. The fourth-order valence-electron chi connectivity index (χ4n) is 4.55. The Bertz CT molecular complexity index is 962. The Morgan fingerprint density at radius 3 is 2.62 bits per heavy atom. The lowest BCUT2D eigenvalue weighted by molar-refractivity contribution is 0.0331. The van der Waals surface area contributed by atoms with Crippen LogP contribution in [0.1, 0.15) is 31.5 Å². The lowest BCUT2D eigenvalue weighted by Crippen LogP contribution is -2.36. The highest BCUT2D eigenvalue weighted by atomic mass is 32.1. The molecule has 1 saturated heterocycles. The molecule has 152 valence electrons. The molecule has 1 aliphatic carbocycles. The van der Waals surface area contributed by atoms with Gasteiger partial charge in [-0.3, -0.25) is 4.90 Å². The second-order valence-electron chi connectivity index (χ2n) is 8.10. The van der Waals surface area contributed by atoms with E-state index < -0.39 is 0 Å². The maximum Gasteiger partial charge on any atom is 0.146 e. The molecule has 29 heavy (non-hydrogen) atoms. The van der Waals surface area contributed by atoms with Gasteiger partial charge in [-0.1, -0.05) is 43.2 Å². The quantitative estimate of drug-likeness (QED) is 0.619. The van der Waals surface area contributed by atoms with Crippen LogP contribution in [-0.4, -0.2) is 54.3 Å². The predicted molar refractivity (Wildman–Crippen MR) is 120 cm³/mol. The van der Waals surface area contributed by atoms with Gasteiger partial charge in [-0.2, -0.15) is 0 Å². The molecule has 0 radical (unpaired) electrons. The molecule has 5 rings (SSSR count). The summed E-state index contributed by atoms with van der Waals surface area (Å²) in [5, 5.41) is 3.46. The third-order valence-corrected chi connectivity index (χ3v) is 7.09. The third kappa shape index (κ3) is 3.89. The van der Waals surface area contributed by atoms with Crippen LogP contribution < -0.4 is 4.90 Å². The van der Waals surface area contributed by atoms with Crippen LogP contribution in [0.5, 0.6) is 0 Å². The lowest BCUT2D eigenvalue weighted by Gasteiger charge is -2.28. The highest BCUT2D eigenvalue weighted by Gasteiger charge is 2.25. The summed E-state index contributed by atoms with van der Waals surface area (Å²) in [5.74, 6) is 2.03. The van der Waals surface area contributed by atoms with E-state index in [0.29, 0.717) is 6.04 Å². The van der Waals surface area contributed by atoms with Crippen molar-refractivity contribution in [3.63, 3.8) is 0 Å². The number of nitrogens with zero attached hydrogens (tertiary/aromatic N) is 4. The van der Waals surface area contributed by atoms with Gasteiger partial charge in [0, 0.05) is 37.1 Å². The molecule has 0 bridgehead atoms. The van der Waals surface area contributed by atoms with E-state index >= 15 is 0 Å². The molecular formula is C23H28N4OS. The Morgan fingerprint density at radius 1 is 1.10 bits per heavy atom. The first-order valence-electron chi connectivity index (χ1n) is 10.7.